The molecule has 202 valence electrons. The largest absolute Gasteiger partial charge is 0.394 e. The van der Waals surface area contributed by atoms with Crippen molar-refractivity contribution in [1.29, 1.82) is 0 Å². The van der Waals surface area contributed by atoms with Gasteiger partial charge in [0.2, 0.25) is 0 Å². The number of aliphatic hydroxyl groups excluding tert-OH is 12. The van der Waals surface area contributed by atoms with Gasteiger partial charge in [0.15, 0.2) is 12.6 Å². The molecule has 2 heterocycles. The summed E-state index contributed by atoms with van der Waals surface area (Å²) in [6, 6.07) is 0. The van der Waals surface area contributed by atoms with Crippen LogP contribution in [0.3, 0.4) is 0 Å². The maximum atomic E-state index is 10.1. The maximum Gasteiger partial charge on any atom is 0.186 e. The topological polar surface area (TPSA) is 280 Å². The van der Waals surface area contributed by atoms with Crippen molar-refractivity contribution in [2.75, 3.05) is 26.4 Å². The van der Waals surface area contributed by atoms with Crippen LogP contribution in [0.15, 0.2) is 0 Å². The number of hydrogen-bond donors (Lipinski definition) is 12. The summed E-state index contributed by atoms with van der Waals surface area (Å²) in [7, 11) is 0. The highest BCUT2D eigenvalue weighted by atomic mass is 16.7. The van der Waals surface area contributed by atoms with Gasteiger partial charge < -0.3 is 80.2 Å². The first-order valence-electron chi connectivity index (χ1n) is 10.5. The Morgan fingerprint density at radius 3 is 1.15 bits per heavy atom. The first-order chi connectivity index (χ1) is 15.9. The molecule has 2 aliphatic rings. The Labute approximate surface area is 193 Å². The van der Waals surface area contributed by atoms with Crippen LogP contribution < -0.4 is 0 Å². The van der Waals surface area contributed by atoms with Crippen LogP contribution in [0.25, 0.3) is 0 Å². The van der Waals surface area contributed by atoms with Crippen molar-refractivity contribution in [2.24, 2.45) is 0 Å². The van der Waals surface area contributed by atoms with E-state index in [4.69, 9.17) is 29.2 Å². The van der Waals surface area contributed by atoms with Crippen LogP contribution in [0.4, 0.5) is 0 Å². The Morgan fingerprint density at radius 2 is 0.853 bits per heavy atom. The normalized spacial score (nSPS) is 42.7. The summed E-state index contributed by atoms with van der Waals surface area (Å²) in [4.78, 5) is 0. The van der Waals surface area contributed by atoms with Gasteiger partial charge in [0.25, 0.3) is 0 Å². The van der Waals surface area contributed by atoms with E-state index in [0.29, 0.717) is 0 Å². The summed E-state index contributed by atoms with van der Waals surface area (Å²) >= 11 is 0. The van der Waals surface area contributed by atoms with Crippen LogP contribution in [0.2, 0.25) is 0 Å². The van der Waals surface area contributed by atoms with Crippen molar-refractivity contribution >= 4 is 0 Å². The van der Waals surface area contributed by atoms with E-state index in [-0.39, 0.29) is 0 Å². The van der Waals surface area contributed by atoms with Crippen molar-refractivity contribution < 1.29 is 80.2 Å². The lowest BCUT2D eigenvalue weighted by molar-refractivity contribution is -0.309. The number of aliphatic hydroxyl groups is 12. The lowest BCUT2D eigenvalue weighted by Crippen LogP contribution is -2.60. The summed E-state index contributed by atoms with van der Waals surface area (Å²) in [5.74, 6) is 0. The van der Waals surface area contributed by atoms with Gasteiger partial charge in [0.05, 0.1) is 26.4 Å². The van der Waals surface area contributed by atoms with E-state index in [0.717, 1.165) is 0 Å². The summed E-state index contributed by atoms with van der Waals surface area (Å²) in [6.07, 6.45) is -23.8. The van der Waals surface area contributed by atoms with Gasteiger partial charge in [0, 0.05) is 0 Å². The van der Waals surface area contributed by atoms with Gasteiger partial charge in [-0.3, -0.25) is 0 Å². The third-order valence-corrected chi connectivity index (χ3v) is 5.70. The third kappa shape index (κ3) is 6.77. The minimum Gasteiger partial charge on any atom is -0.394 e. The fourth-order valence-corrected chi connectivity index (χ4v) is 3.45. The van der Waals surface area contributed by atoms with Crippen LogP contribution in [0.5, 0.6) is 0 Å². The Balaban J connectivity index is 1.84. The Morgan fingerprint density at radius 1 is 0.529 bits per heavy atom. The zero-order valence-corrected chi connectivity index (χ0v) is 17.9. The summed E-state index contributed by atoms with van der Waals surface area (Å²) in [5.41, 5.74) is 0. The molecule has 12 N–H and O–H groups in total. The Kier molecular flexibility index (Phi) is 11.4. The molecule has 0 aromatic carbocycles. The van der Waals surface area contributed by atoms with E-state index in [9.17, 15) is 51.1 Å². The van der Waals surface area contributed by atoms with Gasteiger partial charge in [0.1, 0.15) is 73.2 Å². The number of ether oxygens (including phenoxy) is 4. The third-order valence-electron chi connectivity index (χ3n) is 5.70. The lowest BCUT2D eigenvalue weighted by Gasteiger charge is -2.40. The maximum absolute atomic E-state index is 10.1. The summed E-state index contributed by atoms with van der Waals surface area (Å²) < 4.78 is 20.3. The van der Waals surface area contributed by atoms with Crippen LogP contribution >= 0.6 is 0 Å². The van der Waals surface area contributed by atoms with Crippen molar-refractivity contribution in [3.8, 4) is 0 Å². The number of hydrogen-bond acceptors (Lipinski definition) is 16. The first kappa shape index (κ1) is 29.6. The molecular weight excluding hydrogens is 472 g/mol. The highest BCUT2D eigenvalue weighted by Crippen LogP contribution is 2.24. The molecule has 2 rings (SSSR count). The predicted octanol–water partition coefficient (Wildman–Crippen LogP) is -7.94. The van der Waals surface area contributed by atoms with Crippen LogP contribution in [-0.4, -0.2) is 174 Å². The van der Waals surface area contributed by atoms with Crippen molar-refractivity contribution in [1.82, 2.24) is 0 Å². The molecule has 0 aromatic rings. The van der Waals surface area contributed by atoms with Gasteiger partial charge in [-0.1, -0.05) is 0 Å². The van der Waals surface area contributed by atoms with Gasteiger partial charge in [-0.15, -0.1) is 0 Å². The second-order valence-corrected chi connectivity index (χ2v) is 8.18. The zero-order chi connectivity index (χ0) is 25.7. The average Bonchev–Trinajstić information content (AvgIpc) is 2.83. The second kappa shape index (κ2) is 13.1. The highest BCUT2D eigenvalue weighted by Gasteiger charge is 2.46. The summed E-state index contributed by atoms with van der Waals surface area (Å²) in [6.45, 7) is -2.98. The molecule has 0 amide bonds. The molecule has 0 aliphatic carbocycles. The monoisotopic (exact) mass is 506 g/mol. The highest BCUT2D eigenvalue weighted by molar-refractivity contribution is 4.90. The zero-order valence-electron chi connectivity index (χ0n) is 17.9. The second-order valence-electron chi connectivity index (χ2n) is 8.18. The van der Waals surface area contributed by atoms with E-state index in [1.54, 1.807) is 0 Å². The fraction of sp³-hybridized carbons (Fsp3) is 1.00. The van der Waals surface area contributed by atoms with Crippen molar-refractivity contribution in [3.05, 3.63) is 0 Å². The SMILES string of the molecule is OC[C@H]1O[C@H](OC[C@@H](O)[C@@H](O)[C@H](O)[C@@H](O)CO[C@H]2O[C@H](CO)[C@@H](O)[C@H](O)[C@H]2O)[C@H](O)[C@@H](O)[C@@H]1O. The molecular formula is C18H34O16. The minimum atomic E-state index is -2.03. The van der Waals surface area contributed by atoms with Crippen LogP contribution in [0.1, 0.15) is 0 Å². The average molecular weight is 506 g/mol. The van der Waals surface area contributed by atoms with E-state index in [1.807, 2.05) is 0 Å². The van der Waals surface area contributed by atoms with Gasteiger partial charge in [-0.05, 0) is 0 Å². The first-order valence-corrected chi connectivity index (χ1v) is 10.5. The van der Waals surface area contributed by atoms with Gasteiger partial charge in [-0.2, -0.15) is 0 Å². The molecule has 2 aliphatic heterocycles. The molecule has 0 aromatic heterocycles. The molecule has 0 saturated carbocycles. The van der Waals surface area contributed by atoms with Gasteiger partial charge >= 0.3 is 0 Å². The van der Waals surface area contributed by atoms with E-state index >= 15 is 0 Å². The van der Waals surface area contributed by atoms with E-state index < -0.39 is 112 Å². The molecule has 2 saturated heterocycles. The molecule has 16 nitrogen and oxygen atoms in total. The molecule has 34 heavy (non-hydrogen) atoms. The number of rotatable bonds is 11. The van der Waals surface area contributed by atoms with Crippen molar-refractivity contribution in [2.45, 2.75) is 85.8 Å². The van der Waals surface area contributed by atoms with E-state index in [2.05, 4.69) is 0 Å². The standard InChI is InChI=1S/C18H34O16/c19-1-7-11(25)13(27)15(29)17(33-7)31-3-5(21)9(23)10(24)6(22)4-32-18-16(30)14(28)12(26)8(2-20)34-18/h5-30H,1-4H2/t5-,6+,7-,8-,9-,10-,11-,12-,13+,14+,15-,16-,17+,18+/m1/s1. The van der Waals surface area contributed by atoms with E-state index in [1.165, 1.54) is 0 Å². The van der Waals surface area contributed by atoms with Crippen LogP contribution in [-0.2, 0) is 18.9 Å². The van der Waals surface area contributed by atoms with Crippen LogP contribution in [0, 0.1) is 0 Å². The molecule has 0 bridgehead atoms. The lowest BCUT2D eigenvalue weighted by atomic mass is 9.99. The molecule has 16 heteroatoms. The molecule has 0 unspecified atom stereocenters. The molecule has 2 fully saturated rings. The fourth-order valence-electron chi connectivity index (χ4n) is 3.45. The Bertz CT molecular complexity index is 544. The Hall–Kier alpha value is -0.640. The minimum absolute atomic E-state index is 0.713. The smallest absolute Gasteiger partial charge is 0.186 e. The summed E-state index contributed by atoms with van der Waals surface area (Å²) in [5, 5.41) is 117. The van der Waals surface area contributed by atoms with Gasteiger partial charge in [-0.25, -0.2) is 0 Å². The molecule has 0 spiro atoms. The quantitative estimate of drug-likeness (QED) is 0.124. The predicted molar refractivity (Wildman–Crippen MR) is 103 cm³/mol. The molecule has 0 radical (unpaired) electrons. The molecule has 14 atom stereocenters. The van der Waals surface area contributed by atoms with Crippen molar-refractivity contribution in [3.63, 3.8) is 0 Å².